The van der Waals surface area contributed by atoms with Crippen LogP contribution in [0.3, 0.4) is 0 Å². The van der Waals surface area contributed by atoms with Crippen molar-refractivity contribution < 1.29 is 0 Å². The lowest BCUT2D eigenvalue weighted by molar-refractivity contribution is 0.810. The molecule has 1 aromatic heterocycles. The monoisotopic (exact) mass is 310 g/mol. The average molecular weight is 311 g/mol. The summed E-state index contributed by atoms with van der Waals surface area (Å²) < 4.78 is 0. The van der Waals surface area contributed by atoms with Gasteiger partial charge in [0.25, 0.3) is 0 Å². The number of para-hydroxylation sites is 1. The van der Waals surface area contributed by atoms with E-state index in [0.29, 0.717) is 0 Å². The Hall–Kier alpha value is -2.06. The fourth-order valence-electron chi connectivity index (χ4n) is 2.55. The first-order valence-corrected chi connectivity index (χ1v) is 8.04. The van der Waals surface area contributed by atoms with Crippen LogP contribution in [-0.4, -0.2) is 17.7 Å². The number of aliphatic imine (C=N–C) groups is 1. The number of hydrogen-bond donors (Lipinski definition) is 1. The zero-order chi connectivity index (χ0) is 15.4. The smallest absolute Gasteiger partial charge is 0.0553 e. The van der Waals surface area contributed by atoms with Crippen LogP contribution in [0.2, 0.25) is 5.02 Å². The Morgan fingerprint density at radius 1 is 1.09 bits per heavy atom. The Morgan fingerprint density at radius 3 is 2.64 bits per heavy atom. The van der Waals surface area contributed by atoms with Crippen molar-refractivity contribution in [2.45, 2.75) is 19.8 Å². The molecule has 112 valence electrons. The summed E-state index contributed by atoms with van der Waals surface area (Å²) in [6.07, 6.45) is 4.28. The Morgan fingerprint density at radius 2 is 1.86 bits per heavy atom. The summed E-state index contributed by atoms with van der Waals surface area (Å²) in [7, 11) is 0. The highest BCUT2D eigenvalue weighted by Crippen LogP contribution is 2.29. The van der Waals surface area contributed by atoms with Gasteiger partial charge < -0.3 is 4.98 Å². The standard InChI is InChI=1S/C19H19ClN2/c1-2-3-12-21-13-17-16-6-4-5-7-18(16)22-19(17)14-8-10-15(20)11-9-14/h4-11,13,22H,2-3,12H2,1H3. The zero-order valence-corrected chi connectivity index (χ0v) is 13.4. The Balaban J connectivity index is 2.08. The fourth-order valence-corrected chi connectivity index (χ4v) is 2.67. The molecule has 3 heteroatoms. The predicted molar refractivity (Wildman–Crippen MR) is 96.1 cm³/mol. The third kappa shape index (κ3) is 3.07. The quantitative estimate of drug-likeness (QED) is 0.462. The molecule has 2 nitrogen and oxygen atoms in total. The van der Waals surface area contributed by atoms with E-state index in [1.165, 1.54) is 5.39 Å². The zero-order valence-electron chi connectivity index (χ0n) is 12.6. The Labute approximate surface area is 135 Å². The number of halogens is 1. The molecule has 0 saturated heterocycles. The van der Waals surface area contributed by atoms with Gasteiger partial charge >= 0.3 is 0 Å². The largest absolute Gasteiger partial charge is 0.354 e. The van der Waals surface area contributed by atoms with Gasteiger partial charge in [0.1, 0.15) is 0 Å². The molecule has 0 atom stereocenters. The molecular weight excluding hydrogens is 292 g/mol. The minimum absolute atomic E-state index is 0.748. The van der Waals surface area contributed by atoms with E-state index >= 15 is 0 Å². The van der Waals surface area contributed by atoms with Gasteiger partial charge in [0, 0.05) is 34.2 Å². The van der Waals surface area contributed by atoms with Gasteiger partial charge in [-0.3, -0.25) is 4.99 Å². The topological polar surface area (TPSA) is 28.1 Å². The first-order chi connectivity index (χ1) is 10.8. The minimum Gasteiger partial charge on any atom is -0.354 e. The molecule has 0 spiro atoms. The number of unbranched alkanes of at least 4 members (excludes halogenated alkanes) is 1. The molecule has 0 aliphatic rings. The maximum absolute atomic E-state index is 6.00. The molecule has 0 fully saturated rings. The summed E-state index contributed by atoms with van der Waals surface area (Å²) in [6.45, 7) is 3.05. The summed E-state index contributed by atoms with van der Waals surface area (Å²) in [5, 5.41) is 1.95. The van der Waals surface area contributed by atoms with E-state index in [-0.39, 0.29) is 0 Å². The molecule has 0 bridgehead atoms. The van der Waals surface area contributed by atoms with E-state index in [1.807, 2.05) is 36.5 Å². The number of benzene rings is 2. The van der Waals surface area contributed by atoms with Crippen LogP contribution in [0.15, 0.2) is 53.5 Å². The second-order valence-corrected chi connectivity index (χ2v) is 5.79. The van der Waals surface area contributed by atoms with Crippen molar-refractivity contribution in [3.63, 3.8) is 0 Å². The summed E-state index contributed by atoms with van der Waals surface area (Å²) in [6, 6.07) is 16.2. The highest BCUT2D eigenvalue weighted by Gasteiger charge is 2.11. The van der Waals surface area contributed by atoms with Crippen molar-refractivity contribution in [1.82, 2.24) is 4.98 Å². The number of fused-ring (bicyclic) bond motifs is 1. The molecule has 1 N–H and O–H groups in total. The lowest BCUT2D eigenvalue weighted by Gasteiger charge is -2.01. The number of hydrogen-bond acceptors (Lipinski definition) is 1. The molecule has 3 aromatic rings. The van der Waals surface area contributed by atoms with Gasteiger partial charge in [0.15, 0.2) is 0 Å². The van der Waals surface area contributed by atoms with E-state index in [1.54, 1.807) is 0 Å². The summed E-state index contributed by atoms with van der Waals surface area (Å²) in [4.78, 5) is 8.09. The van der Waals surface area contributed by atoms with Gasteiger partial charge in [0.2, 0.25) is 0 Å². The highest BCUT2D eigenvalue weighted by molar-refractivity contribution is 6.30. The number of aromatic nitrogens is 1. The normalized spacial score (nSPS) is 11.5. The third-order valence-corrected chi connectivity index (χ3v) is 3.99. The summed E-state index contributed by atoms with van der Waals surface area (Å²) >= 11 is 6.00. The second kappa shape index (κ2) is 6.80. The molecular formula is C19H19ClN2. The maximum atomic E-state index is 6.00. The lowest BCUT2D eigenvalue weighted by Crippen LogP contribution is -1.87. The van der Waals surface area contributed by atoms with Crippen molar-refractivity contribution in [1.29, 1.82) is 0 Å². The van der Waals surface area contributed by atoms with Gasteiger partial charge in [-0.25, -0.2) is 0 Å². The van der Waals surface area contributed by atoms with Gasteiger partial charge in [-0.1, -0.05) is 55.3 Å². The fraction of sp³-hybridized carbons (Fsp3) is 0.211. The van der Waals surface area contributed by atoms with Crippen molar-refractivity contribution in [2.24, 2.45) is 4.99 Å². The second-order valence-electron chi connectivity index (χ2n) is 5.35. The van der Waals surface area contributed by atoms with Crippen LogP contribution >= 0.6 is 11.6 Å². The molecule has 1 heterocycles. The number of rotatable bonds is 5. The van der Waals surface area contributed by atoms with Gasteiger partial charge in [0.05, 0.1) is 5.69 Å². The van der Waals surface area contributed by atoms with Crippen molar-refractivity contribution >= 4 is 28.7 Å². The SMILES string of the molecule is CCCCN=Cc1c(-c2ccc(Cl)cc2)[nH]c2ccccc12. The van der Waals surface area contributed by atoms with Crippen molar-refractivity contribution in [3.05, 3.63) is 59.1 Å². The first kappa shape index (κ1) is 14.9. The van der Waals surface area contributed by atoms with Gasteiger partial charge in [-0.05, 0) is 30.2 Å². The number of nitrogens with one attached hydrogen (secondary N) is 1. The van der Waals surface area contributed by atoms with E-state index in [2.05, 4.69) is 35.1 Å². The van der Waals surface area contributed by atoms with Crippen molar-refractivity contribution in [2.75, 3.05) is 6.54 Å². The first-order valence-electron chi connectivity index (χ1n) is 7.66. The molecule has 0 unspecified atom stereocenters. The highest BCUT2D eigenvalue weighted by atomic mass is 35.5. The van der Waals surface area contributed by atoms with Gasteiger partial charge in [-0.2, -0.15) is 0 Å². The van der Waals surface area contributed by atoms with E-state index in [9.17, 15) is 0 Å². The molecule has 22 heavy (non-hydrogen) atoms. The van der Waals surface area contributed by atoms with Crippen LogP contribution in [0.5, 0.6) is 0 Å². The number of nitrogens with zero attached hydrogens (tertiary/aromatic N) is 1. The molecule has 0 saturated carbocycles. The van der Waals surface area contributed by atoms with Crippen LogP contribution in [0.4, 0.5) is 0 Å². The van der Waals surface area contributed by atoms with Crippen LogP contribution in [-0.2, 0) is 0 Å². The Bertz CT molecular complexity index is 785. The lowest BCUT2D eigenvalue weighted by atomic mass is 10.1. The molecule has 0 amide bonds. The maximum Gasteiger partial charge on any atom is 0.0553 e. The van der Waals surface area contributed by atoms with Crippen LogP contribution in [0, 0.1) is 0 Å². The summed E-state index contributed by atoms with van der Waals surface area (Å²) in [5.41, 5.74) is 4.49. The molecule has 3 rings (SSSR count). The van der Waals surface area contributed by atoms with E-state index in [0.717, 1.165) is 46.7 Å². The van der Waals surface area contributed by atoms with Gasteiger partial charge in [-0.15, -0.1) is 0 Å². The van der Waals surface area contributed by atoms with E-state index in [4.69, 9.17) is 11.6 Å². The molecule has 2 aromatic carbocycles. The van der Waals surface area contributed by atoms with Crippen LogP contribution in [0.1, 0.15) is 25.3 Å². The summed E-state index contributed by atoms with van der Waals surface area (Å²) in [5.74, 6) is 0. The van der Waals surface area contributed by atoms with Crippen LogP contribution < -0.4 is 0 Å². The van der Waals surface area contributed by atoms with Crippen molar-refractivity contribution in [3.8, 4) is 11.3 Å². The predicted octanol–water partition coefficient (Wildman–Crippen LogP) is 5.71. The molecule has 0 aliphatic carbocycles. The average Bonchev–Trinajstić information content (AvgIpc) is 2.91. The minimum atomic E-state index is 0.748. The molecule has 0 radical (unpaired) electrons. The Kier molecular flexibility index (Phi) is 4.59. The molecule has 0 aliphatic heterocycles. The number of aromatic amines is 1. The van der Waals surface area contributed by atoms with Crippen LogP contribution in [0.25, 0.3) is 22.2 Å². The third-order valence-electron chi connectivity index (χ3n) is 3.74. The van der Waals surface area contributed by atoms with E-state index < -0.39 is 0 Å². The number of H-pyrrole nitrogens is 1.